The smallest absolute Gasteiger partial charge is 0.479 e. The van der Waals surface area contributed by atoms with E-state index >= 15 is 0 Å². The van der Waals surface area contributed by atoms with Gasteiger partial charge in [0.15, 0.2) is 40.8 Å². The molecule has 2 N–H and O–H groups in total. The summed E-state index contributed by atoms with van der Waals surface area (Å²) in [7, 11) is -1.28. The van der Waals surface area contributed by atoms with Crippen LogP contribution in [-0.4, -0.2) is 237 Å². The average molecular weight is 2100 g/mol. The van der Waals surface area contributed by atoms with E-state index in [4.69, 9.17) is 141 Å². The van der Waals surface area contributed by atoms with Crippen LogP contribution in [0.1, 0.15) is 79.6 Å². The van der Waals surface area contributed by atoms with Gasteiger partial charge >= 0.3 is 13.3 Å². The van der Waals surface area contributed by atoms with E-state index in [0.29, 0.717) is 111 Å². The zero-order valence-electron chi connectivity index (χ0n) is 84.4. The van der Waals surface area contributed by atoms with Crippen molar-refractivity contribution in [1.82, 2.24) is 42.8 Å². The van der Waals surface area contributed by atoms with Crippen LogP contribution in [0.5, 0.6) is 17.6 Å². The van der Waals surface area contributed by atoms with E-state index in [2.05, 4.69) is 229 Å². The van der Waals surface area contributed by atoms with Gasteiger partial charge in [-0.15, -0.1) is 0 Å². The SMILES string of the molecule is Cn1ccc2cc(B3OC(C)(C)C(C)(C)O3)ccc21.[C-]#[N+]c1c(O[C@@H]2CO[C@H]3[C@@H]2OC[C@H]3O)[nH]c2cc(Cl)c(-c3ccc4c(c3)c(C(=O)C(F)(F)F)cn4C)nc12.[C-]#[N+]c1c(O[C@@H]2CO[C@H]3[C@@H]2OC[C@H]3O[Si](C)(C)C(C)(C)C)n(COCC[Si](C)(C)C)c2cc(Cl)c(-c3ccc4c(ccn4C)c3)nc12.[C-]#[N+]c1c(O[C@@H]2CO[C@H]3[C@@H]2OC[C@H]3O[Si](C)(C)C(C)(C)C)n(COCC[Si](C)(C)C)c2cc(Cl)c(Cl)nc12. The van der Waals surface area contributed by atoms with Gasteiger partial charge in [-0.2, -0.15) is 13.2 Å². The van der Waals surface area contributed by atoms with Crippen LogP contribution < -0.4 is 19.7 Å². The number of aliphatic hydroxyl groups excluding tert-OH is 1. The molecule has 0 aliphatic carbocycles. The monoisotopic (exact) mass is 2100 g/mol. The molecule has 12 atom stereocenters. The molecule has 7 aliphatic heterocycles. The fourth-order valence-corrected chi connectivity index (χ4v) is 22.8. The summed E-state index contributed by atoms with van der Waals surface area (Å²) in [6.45, 7) is 71.9. The number of halogens is 7. The Morgan fingerprint density at radius 2 is 0.937 bits per heavy atom. The quantitative estimate of drug-likeness (QED) is 0.0187. The van der Waals surface area contributed by atoms with Crippen LogP contribution >= 0.6 is 46.4 Å². The highest BCUT2D eigenvalue weighted by molar-refractivity contribution is 6.76. The Bertz CT molecular complexity index is 6900. The van der Waals surface area contributed by atoms with E-state index < -0.39 is 86.9 Å². The minimum Gasteiger partial charge on any atom is -0.479 e. The summed E-state index contributed by atoms with van der Waals surface area (Å²) in [5.74, 6) is -1.06. The molecule has 19 rings (SSSR count). The normalized spacial score (nSPS) is 22.7. The zero-order chi connectivity index (χ0) is 103. The molecule has 0 bridgehead atoms. The number of carbonyl (C=O) groups excluding carboxylic acids is 1. The van der Waals surface area contributed by atoms with Gasteiger partial charge in [0.1, 0.15) is 66.9 Å². The summed E-state index contributed by atoms with van der Waals surface area (Å²) in [6, 6.07) is 28.5. The second kappa shape index (κ2) is 40.5. The summed E-state index contributed by atoms with van der Waals surface area (Å²) < 4.78 is 142. The summed E-state index contributed by atoms with van der Waals surface area (Å²) in [5, 5.41) is 13.6. The number of carbonyl (C=O) groups is 1. The Morgan fingerprint density at radius 1 is 0.514 bits per heavy atom. The lowest BCUT2D eigenvalue weighted by Gasteiger charge is -2.39. The Hall–Kier alpha value is -8.75. The predicted octanol–water partition coefficient (Wildman–Crippen LogP) is 22.8. The van der Waals surface area contributed by atoms with E-state index in [-0.39, 0.29) is 136 Å². The third-order valence-corrected chi connectivity index (χ3v) is 42.5. The van der Waals surface area contributed by atoms with Crippen LogP contribution in [0.25, 0.3) is 103 Å². The number of nitrogens with one attached hydrogen (secondary N) is 1. The molecule has 3 aromatic carbocycles. The third-order valence-electron chi connectivity index (χ3n) is 28.8. The third kappa shape index (κ3) is 21.6. The fraction of sp³-hybridized carbons (Fsp3) is 0.515. The summed E-state index contributed by atoms with van der Waals surface area (Å²) >= 11 is 26.0. The van der Waals surface area contributed by atoms with Gasteiger partial charge in [-0.25, -0.2) is 19.5 Å². The standard InChI is InChI=1S/C35H47ClN4O5Si2.C26H39Cl2N3O5Si2.C25H18ClF3N4O5.C15H20BNO2/c1-35(2,3)47(9,10)45-28-20-43-32-27(19-42-33(28)32)44-34-31(37-4)30-26(40(34)21-41-15-16-46(6,7)8)18-24(36)29(38-30)23-11-12-25-22(17-23)13-14-39(25)5;1-26(2,3)38(8,9)36-19-14-34-22-18(13-33-23(19)22)35-25-21(29-4)20-17(12-16(27)24(28)30-20)31(25)15-32-10-11-37(5,6)7;1-30-20-19-14(31-24(20)38-17-9-37-21-16(34)8-36-22(17)21)6-13(26)18(32-19)10-3-4-15-11(5-10)12(7-33(15)2)23(35)25(27,28)29;1-14(2)15(3,4)19-16(18-14)12-6-7-13-11(10-12)8-9-17(13)5/h11-14,17-18,27-28,32-33H,15-16,19-21H2,1-3,5-10H3;12,18-19,22-23H,10-11,13-15H2,1-3,5-9H3;3-7,16-17,21-22,31,34H,8-9H2,2H3;6-10H,1-5H3/t27-,28-,32-,33-;18-,19-,22-,23-;16-,17-,21-,22-;/m111./s1. The van der Waals surface area contributed by atoms with Crippen molar-refractivity contribution in [2.24, 2.45) is 21.1 Å². The number of ketones is 1. The van der Waals surface area contributed by atoms with E-state index in [1.807, 2.05) is 34.5 Å². The molecule has 7 saturated heterocycles. The topological polar surface area (TPSA) is 268 Å². The number of aliphatic hydroxyl groups is 1. The number of aromatic nitrogens is 9. The molecule has 0 amide bonds. The number of alkyl halides is 3. The number of hydrogen-bond acceptors (Lipinski definition) is 20. The van der Waals surface area contributed by atoms with Crippen molar-refractivity contribution >= 4 is 180 Å². The van der Waals surface area contributed by atoms with Gasteiger partial charge in [0.2, 0.25) is 11.8 Å². The van der Waals surface area contributed by atoms with Gasteiger partial charge in [-0.3, -0.25) is 23.9 Å². The van der Waals surface area contributed by atoms with Crippen molar-refractivity contribution in [1.29, 1.82) is 0 Å². The van der Waals surface area contributed by atoms with Gasteiger partial charge in [-0.1, -0.05) is 151 Å². The summed E-state index contributed by atoms with van der Waals surface area (Å²) in [6.07, 6.45) is -4.33. The zero-order valence-corrected chi connectivity index (χ0v) is 91.4. The average Bonchev–Trinajstić information content (AvgIpc) is 1.61. The molecule has 41 heteroatoms. The number of aryl methyl sites for hydroxylation is 3. The summed E-state index contributed by atoms with van der Waals surface area (Å²) in [4.78, 5) is 40.3. The minimum atomic E-state index is -5.03. The predicted molar refractivity (Wildman–Crippen MR) is 557 cm³/mol. The lowest BCUT2D eigenvalue weighted by atomic mass is 9.79. The highest BCUT2D eigenvalue weighted by atomic mass is 35.5. The molecule has 16 heterocycles. The molecule has 0 spiro atoms. The number of aromatic amines is 1. The lowest BCUT2D eigenvalue weighted by molar-refractivity contribution is -0.0884. The number of fused-ring (bicyclic) bond motifs is 9. The van der Waals surface area contributed by atoms with Gasteiger partial charge in [-0.05, 0) is 148 Å². The van der Waals surface area contributed by atoms with E-state index in [1.165, 1.54) is 21.5 Å². The van der Waals surface area contributed by atoms with Gasteiger partial charge in [0, 0.05) is 108 Å². The largest absolute Gasteiger partial charge is 0.494 e. The molecule has 0 saturated carbocycles. The second-order valence-corrected chi connectivity index (χ2v) is 66.3. The van der Waals surface area contributed by atoms with Crippen molar-refractivity contribution in [2.45, 2.75) is 261 Å². The Balaban J connectivity index is 0.000000141. The molecule has 29 nitrogen and oxygen atoms in total. The number of rotatable bonds is 24. The number of nitrogens with zero attached hydrogens (tertiary/aromatic N) is 11. The summed E-state index contributed by atoms with van der Waals surface area (Å²) in [5.41, 5.74) is 8.48. The molecule has 12 aromatic rings. The van der Waals surface area contributed by atoms with Crippen molar-refractivity contribution in [2.75, 3.05) is 52.9 Å². The highest BCUT2D eigenvalue weighted by Crippen LogP contribution is 2.51. The number of Topliss-reactive ketones (excluding diaryl/α,β-unsaturated/α-hetero) is 1. The Kier molecular flexibility index (Phi) is 30.2. The molecule has 7 aliphatic rings. The van der Waals surface area contributed by atoms with E-state index in [9.17, 15) is 23.1 Å². The van der Waals surface area contributed by atoms with Gasteiger partial charge < -0.3 is 94.1 Å². The van der Waals surface area contributed by atoms with Crippen molar-refractivity contribution in [3.05, 3.63) is 164 Å². The first-order valence-electron chi connectivity index (χ1n) is 47.6. The van der Waals surface area contributed by atoms with Gasteiger partial charge in [0.25, 0.3) is 22.8 Å². The van der Waals surface area contributed by atoms with Crippen LogP contribution in [0.4, 0.5) is 30.2 Å². The number of hydrogen-bond donors (Lipinski definition) is 2. The molecule has 0 radical (unpaired) electrons. The van der Waals surface area contributed by atoms with E-state index in [0.717, 1.165) is 40.2 Å². The molecule has 7 fully saturated rings. The van der Waals surface area contributed by atoms with Crippen molar-refractivity contribution in [3.8, 4) is 40.2 Å². The number of pyridine rings is 3. The number of H-pyrrole nitrogens is 1. The maximum atomic E-state index is 13.2. The van der Waals surface area contributed by atoms with Crippen LogP contribution in [0.15, 0.2) is 104 Å². The molecule has 142 heavy (non-hydrogen) atoms. The lowest BCUT2D eigenvalue weighted by Crippen LogP contribution is -2.47. The van der Waals surface area contributed by atoms with Crippen molar-refractivity contribution < 1.29 is 93.3 Å². The van der Waals surface area contributed by atoms with Crippen molar-refractivity contribution in [3.63, 3.8) is 0 Å². The first-order chi connectivity index (χ1) is 66.6. The first kappa shape index (κ1) is 106. The molecular weight excluding hydrogens is 1980 g/mol. The highest BCUT2D eigenvalue weighted by Gasteiger charge is 2.57. The second-order valence-electron chi connectivity index (χ2n) is 43.9. The Morgan fingerprint density at radius 3 is 1.43 bits per heavy atom. The minimum absolute atomic E-state index is 0.0700. The van der Waals surface area contributed by atoms with Crippen LogP contribution in [0, 0.1) is 19.7 Å². The molecule has 758 valence electrons. The van der Waals surface area contributed by atoms with Gasteiger partial charge in [0.05, 0.1) is 142 Å². The van der Waals surface area contributed by atoms with Crippen LogP contribution in [0.3, 0.4) is 0 Å². The Labute approximate surface area is 849 Å². The van der Waals surface area contributed by atoms with Crippen LogP contribution in [0.2, 0.25) is 108 Å². The maximum absolute atomic E-state index is 13.2. The first-order valence-corrected chi connectivity index (χ1v) is 62.3. The maximum Gasteiger partial charge on any atom is 0.494 e. The van der Waals surface area contributed by atoms with Crippen LogP contribution in [-0.2, 0) is 90.7 Å². The molecule has 0 unspecified atom stereocenters. The fourth-order valence-electron chi connectivity index (χ4n) is 17.9. The number of benzene rings is 3. The molecule has 9 aromatic heterocycles. The molecular formula is C101H124BCl4F3N12O17Si4. The van der Waals surface area contributed by atoms with E-state index in [1.54, 1.807) is 31.3 Å². The number of ether oxygens (including phenoxy) is 11.